The van der Waals surface area contributed by atoms with Crippen LogP contribution in [0.5, 0.6) is 5.88 Å². The Balaban J connectivity index is 2.78. The zero-order valence-electron chi connectivity index (χ0n) is 7.75. The van der Waals surface area contributed by atoms with Crippen LogP contribution in [0.3, 0.4) is 0 Å². The molecule has 1 aromatic rings. The number of ether oxygens (including phenoxy) is 1. The molecule has 15 heavy (non-hydrogen) atoms. The number of rotatable bonds is 2. The van der Waals surface area contributed by atoms with Crippen molar-refractivity contribution in [2.45, 2.75) is 19.2 Å². The molecule has 0 spiro atoms. The van der Waals surface area contributed by atoms with Crippen LogP contribution in [0.15, 0.2) is 18.2 Å². The lowest BCUT2D eigenvalue weighted by molar-refractivity contribution is -0.189. The van der Waals surface area contributed by atoms with E-state index in [4.69, 9.17) is 5.26 Å². The number of alkyl halides is 3. The third-order valence-electron chi connectivity index (χ3n) is 1.60. The molecule has 6 heteroatoms. The number of aromatic nitrogens is 1. The van der Waals surface area contributed by atoms with E-state index in [1.165, 1.54) is 18.2 Å². The van der Waals surface area contributed by atoms with Crippen LogP contribution < -0.4 is 4.74 Å². The fourth-order valence-electron chi connectivity index (χ4n) is 0.791. The molecule has 0 aromatic carbocycles. The van der Waals surface area contributed by atoms with Crippen molar-refractivity contribution < 1.29 is 17.9 Å². The second-order valence-electron chi connectivity index (χ2n) is 2.77. The van der Waals surface area contributed by atoms with Gasteiger partial charge in [0.15, 0.2) is 6.10 Å². The molecule has 1 unspecified atom stereocenters. The van der Waals surface area contributed by atoms with Crippen molar-refractivity contribution >= 4 is 0 Å². The Bertz CT molecular complexity index is 384. The van der Waals surface area contributed by atoms with Gasteiger partial charge in [-0.1, -0.05) is 6.07 Å². The maximum Gasteiger partial charge on any atom is 0.425 e. The summed E-state index contributed by atoms with van der Waals surface area (Å²) < 4.78 is 40.8. The first-order valence-electron chi connectivity index (χ1n) is 4.04. The fourth-order valence-corrected chi connectivity index (χ4v) is 0.791. The Morgan fingerprint density at radius 2 is 2.13 bits per heavy atom. The molecular formula is C9H7F3N2O. The Hall–Kier alpha value is -1.77. The molecule has 1 heterocycles. The van der Waals surface area contributed by atoms with E-state index in [2.05, 4.69) is 9.72 Å². The first-order chi connectivity index (χ1) is 6.93. The maximum atomic E-state index is 12.1. The molecule has 1 aromatic heterocycles. The van der Waals surface area contributed by atoms with E-state index in [0.29, 0.717) is 0 Å². The molecule has 1 atom stereocenters. The predicted octanol–water partition coefficient (Wildman–Crippen LogP) is 2.28. The van der Waals surface area contributed by atoms with Crippen LogP contribution in [-0.4, -0.2) is 17.3 Å². The smallest absolute Gasteiger partial charge is 0.425 e. The molecule has 1 rings (SSSR count). The molecular weight excluding hydrogens is 209 g/mol. The first kappa shape index (κ1) is 11.3. The highest BCUT2D eigenvalue weighted by Gasteiger charge is 2.38. The first-order valence-corrected chi connectivity index (χ1v) is 4.04. The molecule has 0 radical (unpaired) electrons. The van der Waals surface area contributed by atoms with Crippen LogP contribution in [0.1, 0.15) is 12.6 Å². The molecule has 0 N–H and O–H groups in total. The molecule has 80 valence electrons. The van der Waals surface area contributed by atoms with Gasteiger partial charge in [-0.2, -0.15) is 18.4 Å². The molecule has 0 saturated heterocycles. The summed E-state index contributed by atoms with van der Waals surface area (Å²) in [4.78, 5) is 3.56. The van der Waals surface area contributed by atoms with E-state index in [1.54, 1.807) is 6.07 Å². The normalized spacial score (nSPS) is 13.0. The molecule has 0 amide bonds. The van der Waals surface area contributed by atoms with E-state index in [-0.39, 0.29) is 11.6 Å². The van der Waals surface area contributed by atoms with Gasteiger partial charge in [0.1, 0.15) is 11.8 Å². The highest BCUT2D eigenvalue weighted by atomic mass is 19.4. The minimum Gasteiger partial charge on any atom is -0.465 e. The van der Waals surface area contributed by atoms with Gasteiger partial charge in [0.25, 0.3) is 0 Å². The van der Waals surface area contributed by atoms with Crippen LogP contribution in [0.2, 0.25) is 0 Å². The molecule has 3 nitrogen and oxygen atoms in total. The van der Waals surface area contributed by atoms with Crippen LogP contribution in [-0.2, 0) is 0 Å². The molecule has 0 saturated carbocycles. The minimum absolute atomic E-state index is 0.0156. The quantitative estimate of drug-likeness (QED) is 0.761. The van der Waals surface area contributed by atoms with Gasteiger partial charge in [-0.3, -0.25) is 0 Å². The van der Waals surface area contributed by atoms with E-state index in [1.807, 2.05) is 0 Å². The summed E-state index contributed by atoms with van der Waals surface area (Å²) in [5.74, 6) is -0.209. The second-order valence-corrected chi connectivity index (χ2v) is 2.77. The van der Waals surface area contributed by atoms with Gasteiger partial charge in [0.2, 0.25) is 5.88 Å². The van der Waals surface area contributed by atoms with Crippen LogP contribution in [0.4, 0.5) is 13.2 Å². The third-order valence-corrected chi connectivity index (χ3v) is 1.60. The summed E-state index contributed by atoms with van der Waals surface area (Å²) in [7, 11) is 0. The van der Waals surface area contributed by atoms with Gasteiger partial charge in [-0.05, 0) is 13.0 Å². The minimum atomic E-state index is -4.44. The number of hydrogen-bond acceptors (Lipinski definition) is 3. The average molecular weight is 216 g/mol. The van der Waals surface area contributed by atoms with Gasteiger partial charge in [0, 0.05) is 6.07 Å². The molecule has 0 aliphatic rings. The van der Waals surface area contributed by atoms with Crippen molar-refractivity contribution in [2.24, 2.45) is 0 Å². The number of hydrogen-bond donors (Lipinski definition) is 0. The van der Waals surface area contributed by atoms with Gasteiger partial charge < -0.3 is 4.74 Å². The fraction of sp³-hybridized carbons (Fsp3) is 0.333. The van der Waals surface area contributed by atoms with Crippen molar-refractivity contribution in [3.63, 3.8) is 0 Å². The summed E-state index contributed by atoms with van der Waals surface area (Å²) in [5.41, 5.74) is 0.0156. The van der Waals surface area contributed by atoms with Crippen LogP contribution in [0, 0.1) is 11.3 Å². The van der Waals surface area contributed by atoms with Crippen molar-refractivity contribution in [3.05, 3.63) is 23.9 Å². The molecule has 0 fully saturated rings. The Labute approximate surface area is 84.1 Å². The van der Waals surface area contributed by atoms with E-state index in [0.717, 1.165) is 6.92 Å². The largest absolute Gasteiger partial charge is 0.465 e. The van der Waals surface area contributed by atoms with E-state index < -0.39 is 12.3 Å². The Morgan fingerprint density at radius 1 is 1.47 bits per heavy atom. The highest BCUT2D eigenvalue weighted by molar-refractivity contribution is 5.24. The lowest BCUT2D eigenvalue weighted by Crippen LogP contribution is -2.31. The van der Waals surface area contributed by atoms with Gasteiger partial charge in [-0.15, -0.1) is 0 Å². The summed E-state index contributed by atoms with van der Waals surface area (Å²) in [6.45, 7) is 0.876. The van der Waals surface area contributed by atoms with Gasteiger partial charge in [-0.25, -0.2) is 4.98 Å². The standard InChI is InChI=1S/C9H7F3N2O/c1-6(9(10,11)12)15-8-4-2-3-7(5-13)14-8/h2-4,6H,1H3. The van der Waals surface area contributed by atoms with Gasteiger partial charge >= 0.3 is 6.18 Å². The summed E-state index contributed by atoms with van der Waals surface area (Å²) >= 11 is 0. The number of pyridine rings is 1. The number of nitrogens with zero attached hydrogens (tertiary/aromatic N) is 2. The lowest BCUT2D eigenvalue weighted by Gasteiger charge is -2.16. The maximum absolute atomic E-state index is 12.1. The monoisotopic (exact) mass is 216 g/mol. The zero-order valence-corrected chi connectivity index (χ0v) is 7.75. The third kappa shape index (κ3) is 3.13. The van der Waals surface area contributed by atoms with E-state index in [9.17, 15) is 13.2 Å². The van der Waals surface area contributed by atoms with Crippen molar-refractivity contribution in [1.29, 1.82) is 5.26 Å². The van der Waals surface area contributed by atoms with Crippen LogP contribution >= 0.6 is 0 Å². The van der Waals surface area contributed by atoms with Crippen LogP contribution in [0.25, 0.3) is 0 Å². The lowest BCUT2D eigenvalue weighted by atomic mass is 10.3. The number of nitriles is 1. The summed E-state index contributed by atoms with van der Waals surface area (Å²) in [6, 6.07) is 5.76. The summed E-state index contributed by atoms with van der Waals surface area (Å²) in [6.07, 6.45) is -6.39. The van der Waals surface area contributed by atoms with Gasteiger partial charge in [0.05, 0.1) is 0 Å². The number of halogens is 3. The average Bonchev–Trinajstić information content (AvgIpc) is 2.16. The second kappa shape index (κ2) is 4.17. The topological polar surface area (TPSA) is 45.9 Å². The SMILES string of the molecule is CC(Oc1cccc(C#N)n1)C(F)(F)F. The predicted molar refractivity (Wildman–Crippen MR) is 45.1 cm³/mol. The van der Waals surface area contributed by atoms with Crippen molar-refractivity contribution in [1.82, 2.24) is 4.98 Å². The van der Waals surface area contributed by atoms with Crippen molar-refractivity contribution in [3.8, 4) is 11.9 Å². The summed E-state index contributed by atoms with van der Waals surface area (Å²) in [5, 5.41) is 8.47. The molecule has 0 aliphatic carbocycles. The van der Waals surface area contributed by atoms with Crippen molar-refractivity contribution in [2.75, 3.05) is 0 Å². The molecule has 0 aliphatic heterocycles. The zero-order chi connectivity index (χ0) is 11.5. The Kier molecular flexibility index (Phi) is 3.14. The molecule has 0 bridgehead atoms. The Morgan fingerprint density at radius 3 is 2.67 bits per heavy atom. The van der Waals surface area contributed by atoms with E-state index >= 15 is 0 Å². The highest BCUT2D eigenvalue weighted by Crippen LogP contribution is 2.23.